The lowest BCUT2D eigenvalue weighted by molar-refractivity contribution is -0.121. The molecule has 0 radical (unpaired) electrons. The Labute approximate surface area is 155 Å². The number of carbonyl (C=O) groups is 2. The molecular weight excluding hydrogens is 359 g/mol. The van der Waals surface area contributed by atoms with Crippen LogP contribution in [0, 0.1) is 5.82 Å². The predicted molar refractivity (Wildman–Crippen MR) is 97.3 cm³/mol. The van der Waals surface area contributed by atoms with E-state index in [0.717, 1.165) is 11.8 Å². The lowest BCUT2D eigenvalue weighted by Crippen LogP contribution is -2.57. The molecule has 1 fully saturated rings. The van der Waals surface area contributed by atoms with Gasteiger partial charge in [0.15, 0.2) is 0 Å². The van der Waals surface area contributed by atoms with Crippen LogP contribution >= 0.6 is 11.6 Å². The summed E-state index contributed by atoms with van der Waals surface area (Å²) in [5, 5.41) is -0.0463. The smallest absolute Gasteiger partial charge is 0.254 e. The van der Waals surface area contributed by atoms with Gasteiger partial charge in [0.25, 0.3) is 5.91 Å². The quantitative estimate of drug-likeness (QED) is 0.825. The standard InChI is InChI=1S/C19H18ClFN2O3/c1-12-10-23(14-4-6-15(26-2)7-5-14)18(24)11-22(12)19(25)13-3-8-16(20)17(21)9-13/h3-9,12H,10-11H2,1-2H3. The largest absolute Gasteiger partial charge is 0.497 e. The van der Waals surface area contributed by atoms with Gasteiger partial charge in [-0.2, -0.15) is 0 Å². The Bertz CT molecular complexity index is 841. The Morgan fingerprint density at radius 2 is 1.92 bits per heavy atom. The molecule has 2 amide bonds. The molecular formula is C19H18ClFN2O3. The predicted octanol–water partition coefficient (Wildman–Crippen LogP) is 3.37. The third-order valence-electron chi connectivity index (χ3n) is 4.40. The van der Waals surface area contributed by atoms with Crippen molar-refractivity contribution in [1.82, 2.24) is 4.90 Å². The number of amides is 2. The van der Waals surface area contributed by atoms with Gasteiger partial charge >= 0.3 is 0 Å². The fraction of sp³-hybridized carbons (Fsp3) is 0.263. The van der Waals surface area contributed by atoms with E-state index < -0.39 is 11.7 Å². The third-order valence-corrected chi connectivity index (χ3v) is 4.70. The van der Waals surface area contributed by atoms with Crippen LogP contribution in [-0.4, -0.2) is 43.0 Å². The fourth-order valence-corrected chi connectivity index (χ4v) is 3.05. The minimum absolute atomic E-state index is 0.0463. The first-order valence-corrected chi connectivity index (χ1v) is 8.49. The van der Waals surface area contributed by atoms with E-state index >= 15 is 0 Å². The van der Waals surface area contributed by atoms with Gasteiger partial charge < -0.3 is 14.5 Å². The monoisotopic (exact) mass is 376 g/mol. The van der Waals surface area contributed by atoms with Crippen molar-refractivity contribution in [2.75, 3.05) is 25.1 Å². The Balaban J connectivity index is 1.78. The van der Waals surface area contributed by atoms with Crippen LogP contribution in [0.4, 0.5) is 10.1 Å². The number of hydrogen-bond acceptors (Lipinski definition) is 3. The molecule has 0 saturated carbocycles. The van der Waals surface area contributed by atoms with E-state index in [-0.39, 0.29) is 29.1 Å². The number of ether oxygens (including phenoxy) is 1. The van der Waals surface area contributed by atoms with Crippen LogP contribution in [0.5, 0.6) is 5.75 Å². The molecule has 136 valence electrons. The Morgan fingerprint density at radius 3 is 2.54 bits per heavy atom. The summed E-state index contributed by atoms with van der Waals surface area (Å²) >= 11 is 5.66. The van der Waals surface area contributed by atoms with Crippen LogP contribution in [-0.2, 0) is 4.79 Å². The van der Waals surface area contributed by atoms with Gasteiger partial charge in [0.2, 0.25) is 5.91 Å². The molecule has 0 spiro atoms. The van der Waals surface area contributed by atoms with E-state index in [1.54, 1.807) is 36.3 Å². The molecule has 1 saturated heterocycles. The zero-order chi connectivity index (χ0) is 18.8. The normalized spacial score (nSPS) is 17.4. The highest BCUT2D eigenvalue weighted by atomic mass is 35.5. The van der Waals surface area contributed by atoms with Crippen molar-refractivity contribution in [1.29, 1.82) is 0 Å². The summed E-state index contributed by atoms with van der Waals surface area (Å²) in [6.07, 6.45) is 0. The second-order valence-corrected chi connectivity index (χ2v) is 6.52. The zero-order valence-corrected chi connectivity index (χ0v) is 15.2. The number of anilines is 1. The van der Waals surface area contributed by atoms with Crippen molar-refractivity contribution in [3.05, 3.63) is 58.9 Å². The van der Waals surface area contributed by atoms with Gasteiger partial charge in [0.05, 0.1) is 12.1 Å². The van der Waals surface area contributed by atoms with Gasteiger partial charge in [-0.1, -0.05) is 11.6 Å². The van der Waals surface area contributed by atoms with Gasteiger partial charge in [0.1, 0.15) is 18.1 Å². The maximum Gasteiger partial charge on any atom is 0.254 e. The number of benzene rings is 2. The summed E-state index contributed by atoms with van der Waals surface area (Å²) in [5.41, 5.74) is 0.914. The summed E-state index contributed by atoms with van der Waals surface area (Å²) in [6.45, 7) is 2.14. The number of carbonyl (C=O) groups excluding carboxylic acids is 2. The first-order valence-electron chi connectivity index (χ1n) is 8.11. The second kappa shape index (κ2) is 7.33. The fourth-order valence-electron chi connectivity index (χ4n) is 2.93. The van der Waals surface area contributed by atoms with Crippen molar-refractivity contribution < 1.29 is 18.7 Å². The van der Waals surface area contributed by atoms with Crippen molar-refractivity contribution in [2.24, 2.45) is 0 Å². The van der Waals surface area contributed by atoms with E-state index in [2.05, 4.69) is 0 Å². The van der Waals surface area contributed by atoms with Crippen molar-refractivity contribution in [2.45, 2.75) is 13.0 Å². The first kappa shape index (κ1) is 18.2. The van der Waals surface area contributed by atoms with Crippen molar-refractivity contribution in [3.8, 4) is 5.75 Å². The van der Waals surface area contributed by atoms with Crippen LogP contribution in [0.2, 0.25) is 5.02 Å². The number of rotatable bonds is 3. The van der Waals surface area contributed by atoms with Crippen molar-refractivity contribution in [3.63, 3.8) is 0 Å². The van der Waals surface area contributed by atoms with Crippen LogP contribution in [0.1, 0.15) is 17.3 Å². The van der Waals surface area contributed by atoms with Gasteiger partial charge in [-0.3, -0.25) is 9.59 Å². The number of nitrogens with zero attached hydrogens (tertiary/aromatic N) is 2. The molecule has 1 aliphatic rings. The number of methoxy groups -OCH3 is 1. The Hall–Kier alpha value is -2.60. The lowest BCUT2D eigenvalue weighted by Gasteiger charge is -2.39. The highest BCUT2D eigenvalue weighted by Crippen LogP contribution is 2.24. The Kier molecular flexibility index (Phi) is 5.13. The molecule has 2 aromatic carbocycles. The number of piperazine rings is 1. The van der Waals surface area contributed by atoms with Crippen LogP contribution in [0.3, 0.4) is 0 Å². The summed E-state index contributed by atoms with van der Waals surface area (Å²) in [7, 11) is 1.58. The van der Waals surface area contributed by atoms with Gasteiger partial charge in [-0.15, -0.1) is 0 Å². The highest BCUT2D eigenvalue weighted by Gasteiger charge is 2.33. The molecule has 1 heterocycles. The second-order valence-electron chi connectivity index (χ2n) is 6.11. The van der Waals surface area contributed by atoms with E-state index in [1.807, 2.05) is 6.92 Å². The lowest BCUT2D eigenvalue weighted by atomic mass is 10.1. The summed E-state index contributed by atoms with van der Waals surface area (Å²) in [4.78, 5) is 28.3. The van der Waals surface area contributed by atoms with Gasteiger partial charge in [0, 0.05) is 23.8 Å². The van der Waals surface area contributed by atoms with Crippen LogP contribution in [0.15, 0.2) is 42.5 Å². The van der Waals surface area contributed by atoms with E-state index in [4.69, 9.17) is 16.3 Å². The summed E-state index contributed by atoms with van der Waals surface area (Å²) < 4.78 is 18.8. The molecule has 0 aliphatic carbocycles. The van der Waals surface area contributed by atoms with Crippen LogP contribution < -0.4 is 9.64 Å². The molecule has 0 aromatic heterocycles. The highest BCUT2D eigenvalue weighted by molar-refractivity contribution is 6.30. The molecule has 1 aliphatic heterocycles. The topological polar surface area (TPSA) is 49.9 Å². The van der Waals surface area contributed by atoms with E-state index in [1.165, 1.54) is 17.0 Å². The third kappa shape index (κ3) is 3.51. The molecule has 0 bridgehead atoms. The maximum absolute atomic E-state index is 13.6. The average Bonchev–Trinajstić information content (AvgIpc) is 2.65. The molecule has 0 N–H and O–H groups in total. The molecule has 1 atom stereocenters. The van der Waals surface area contributed by atoms with E-state index in [0.29, 0.717) is 12.3 Å². The molecule has 26 heavy (non-hydrogen) atoms. The first-order chi connectivity index (χ1) is 12.4. The minimum Gasteiger partial charge on any atom is -0.497 e. The average molecular weight is 377 g/mol. The van der Waals surface area contributed by atoms with Crippen molar-refractivity contribution >= 4 is 29.1 Å². The SMILES string of the molecule is COc1ccc(N2CC(C)N(C(=O)c3ccc(Cl)c(F)c3)CC2=O)cc1. The summed E-state index contributed by atoms with van der Waals surface area (Å²) in [6, 6.07) is 10.8. The summed E-state index contributed by atoms with van der Waals surface area (Å²) in [5.74, 6) is -0.548. The molecule has 7 heteroatoms. The molecule has 5 nitrogen and oxygen atoms in total. The van der Waals surface area contributed by atoms with Crippen LogP contribution in [0.25, 0.3) is 0 Å². The molecule has 1 unspecified atom stereocenters. The number of hydrogen-bond donors (Lipinski definition) is 0. The minimum atomic E-state index is -0.659. The molecule has 3 rings (SSSR count). The number of halogens is 2. The molecule has 2 aromatic rings. The zero-order valence-electron chi connectivity index (χ0n) is 14.4. The van der Waals surface area contributed by atoms with Gasteiger partial charge in [-0.05, 0) is 49.4 Å². The maximum atomic E-state index is 13.6. The Morgan fingerprint density at radius 1 is 1.23 bits per heavy atom. The van der Waals surface area contributed by atoms with Gasteiger partial charge in [-0.25, -0.2) is 4.39 Å². The van der Waals surface area contributed by atoms with E-state index in [9.17, 15) is 14.0 Å².